The Bertz CT molecular complexity index is 1550. The van der Waals surface area contributed by atoms with E-state index in [9.17, 15) is 0 Å². The zero-order valence-corrected chi connectivity index (χ0v) is 21.6. The highest BCUT2D eigenvalue weighted by Crippen LogP contribution is 2.57. The molecule has 0 fully saturated rings. The van der Waals surface area contributed by atoms with Gasteiger partial charge < -0.3 is 19.1 Å². The number of hydrogen-bond donors (Lipinski definition) is 0. The summed E-state index contributed by atoms with van der Waals surface area (Å²) in [5.74, 6) is 1.91. The Kier molecular flexibility index (Phi) is 5.27. The first-order valence-electron chi connectivity index (χ1n) is 12.4. The Morgan fingerprint density at radius 1 is 0.946 bits per heavy atom. The summed E-state index contributed by atoms with van der Waals surface area (Å²) in [6.45, 7) is 9.00. The molecule has 2 aliphatic rings. The van der Waals surface area contributed by atoms with Crippen LogP contribution in [0.5, 0.6) is 17.2 Å². The molecule has 1 unspecified atom stereocenters. The zero-order chi connectivity index (χ0) is 25.8. The van der Waals surface area contributed by atoms with E-state index in [0.717, 1.165) is 11.3 Å². The van der Waals surface area contributed by atoms with Gasteiger partial charge in [-0.25, -0.2) is 4.99 Å². The molecule has 5 nitrogen and oxygen atoms in total. The maximum absolute atomic E-state index is 7.02. The smallest absolute Gasteiger partial charge is 0.229 e. The van der Waals surface area contributed by atoms with Gasteiger partial charge in [0.1, 0.15) is 11.4 Å². The Morgan fingerprint density at radius 3 is 2.35 bits per heavy atom. The van der Waals surface area contributed by atoms with Gasteiger partial charge in [0.05, 0.1) is 25.8 Å². The maximum Gasteiger partial charge on any atom is 0.229 e. The predicted molar refractivity (Wildman–Crippen MR) is 151 cm³/mol. The van der Waals surface area contributed by atoms with Crippen LogP contribution in [0.2, 0.25) is 0 Å². The van der Waals surface area contributed by atoms with Crippen LogP contribution in [0.3, 0.4) is 0 Å². The molecule has 0 aliphatic carbocycles. The van der Waals surface area contributed by atoms with Crippen LogP contribution in [0.25, 0.3) is 16.8 Å². The molecule has 186 valence electrons. The molecule has 0 aromatic heterocycles. The first-order valence-corrected chi connectivity index (χ1v) is 12.4. The molecule has 1 atom stereocenters. The van der Waals surface area contributed by atoms with E-state index in [-0.39, 0.29) is 0 Å². The lowest BCUT2D eigenvalue weighted by Gasteiger charge is -2.46. The van der Waals surface area contributed by atoms with E-state index in [1.807, 2.05) is 24.4 Å². The van der Waals surface area contributed by atoms with Crippen molar-refractivity contribution in [3.63, 3.8) is 0 Å². The van der Waals surface area contributed by atoms with Crippen molar-refractivity contribution in [1.29, 1.82) is 0 Å². The van der Waals surface area contributed by atoms with E-state index in [1.165, 1.54) is 21.9 Å². The second kappa shape index (κ2) is 8.41. The van der Waals surface area contributed by atoms with Gasteiger partial charge in [-0.2, -0.15) is 0 Å². The van der Waals surface area contributed by atoms with Crippen molar-refractivity contribution >= 4 is 34.4 Å². The average molecular weight is 491 g/mol. The lowest BCUT2D eigenvalue weighted by Crippen LogP contribution is -2.61. The van der Waals surface area contributed by atoms with Crippen molar-refractivity contribution in [1.82, 2.24) is 0 Å². The Hall–Kier alpha value is -4.25. The molecule has 0 amide bonds. The van der Waals surface area contributed by atoms with E-state index < -0.39 is 11.1 Å². The molecule has 0 saturated heterocycles. The first-order chi connectivity index (χ1) is 17.9. The van der Waals surface area contributed by atoms with Gasteiger partial charge in [0.15, 0.2) is 11.5 Å². The summed E-state index contributed by atoms with van der Waals surface area (Å²) in [4.78, 5) is 7.30. The Labute approximate surface area is 217 Å². The van der Waals surface area contributed by atoms with Crippen LogP contribution in [0.1, 0.15) is 30.5 Å². The molecule has 5 heteroatoms. The number of fused-ring (bicyclic) bond motifs is 3. The fourth-order valence-electron chi connectivity index (χ4n) is 5.60. The number of aliphatic imine (C=N–C) groups is 1. The van der Waals surface area contributed by atoms with Crippen molar-refractivity contribution in [3.05, 3.63) is 96.1 Å². The maximum atomic E-state index is 7.02. The van der Waals surface area contributed by atoms with Crippen LogP contribution >= 0.6 is 0 Å². The third-order valence-corrected chi connectivity index (χ3v) is 7.78. The largest absolute Gasteiger partial charge is 0.496 e. The Balaban J connectivity index is 1.56. The standard InChI is InChI=1S/C32H30N2O3/c1-6-21-11-13-22(14-12-21)19-34-27-16-24-10-8-7-9-23(24)15-26(27)31(2,3)32(34)20-33-30-28(36-5)17-25(35-4)18-29(30)37-32/h6-18,20H,1,19H2,2-5H3. The van der Waals surface area contributed by atoms with Crippen molar-refractivity contribution in [3.8, 4) is 17.2 Å². The minimum absolute atomic E-state index is 0.426. The minimum atomic E-state index is -0.867. The van der Waals surface area contributed by atoms with Crippen molar-refractivity contribution in [2.45, 2.75) is 31.5 Å². The van der Waals surface area contributed by atoms with Gasteiger partial charge in [0, 0.05) is 24.4 Å². The van der Waals surface area contributed by atoms with Gasteiger partial charge in [0.2, 0.25) is 5.72 Å². The minimum Gasteiger partial charge on any atom is -0.496 e. The van der Waals surface area contributed by atoms with Gasteiger partial charge in [-0.3, -0.25) is 0 Å². The van der Waals surface area contributed by atoms with Gasteiger partial charge in [-0.15, -0.1) is 0 Å². The number of anilines is 1. The van der Waals surface area contributed by atoms with E-state index >= 15 is 0 Å². The SMILES string of the molecule is C=Cc1ccc(CN2c3cc4ccccc4cc3C(C)(C)C23C=Nc2c(OC)cc(OC)cc2O3)cc1. The van der Waals surface area contributed by atoms with Gasteiger partial charge in [-0.1, -0.05) is 61.2 Å². The topological polar surface area (TPSA) is 43.3 Å². The molecule has 6 rings (SSSR count). The average Bonchev–Trinajstić information content (AvgIpc) is 3.09. The number of rotatable bonds is 5. The summed E-state index contributed by atoms with van der Waals surface area (Å²) in [6, 6.07) is 25.3. The number of hydrogen-bond acceptors (Lipinski definition) is 5. The number of methoxy groups -OCH3 is 2. The molecular weight excluding hydrogens is 460 g/mol. The fraction of sp³-hybridized carbons (Fsp3) is 0.219. The first kappa shape index (κ1) is 23.2. The molecule has 2 aliphatic heterocycles. The zero-order valence-electron chi connectivity index (χ0n) is 21.6. The molecule has 0 radical (unpaired) electrons. The second-order valence-corrected chi connectivity index (χ2v) is 10.1. The summed E-state index contributed by atoms with van der Waals surface area (Å²) in [6.07, 6.45) is 3.81. The summed E-state index contributed by atoms with van der Waals surface area (Å²) >= 11 is 0. The molecule has 0 bridgehead atoms. The molecule has 0 saturated carbocycles. The van der Waals surface area contributed by atoms with Crippen LogP contribution < -0.4 is 19.1 Å². The molecule has 0 N–H and O–H groups in total. The normalized spacial score (nSPS) is 18.9. The molecule has 4 aromatic carbocycles. The van der Waals surface area contributed by atoms with E-state index in [4.69, 9.17) is 19.2 Å². The lowest BCUT2D eigenvalue weighted by molar-refractivity contribution is 0.0757. The van der Waals surface area contributed by atoms with Gasteiger partial charge in [-0.05, 0) is 53.4 Å². The Morgan fingerprint density at radius 2 is 1.68 bits per heavy atom. The monoisotopic (exact) mass is 490 g/mol. The summed E-state index contributed by atoms with van der Waals surface area (Å²) in [5.41, 5.74) is 4.00. The van der Waals surface area contributed by atoms with E-state index in [2.05, 4.69) is 86.0 Å². The van der Waals surface area contributed by atoms with Crippen LogP contribution in [0.4, 0.5) is 11.4 Å². The highest BCUT2D eigenvalue weighted by molar-refractivity contribution is 5.95. The lowest BCUT2D eigenvalue weighted by atomic mass is 9.77. The highest BCUT2D eigenvalue weighted by Gasteiger charge is 2.60. The summed E-state index contributed by atoms with van der Waals surface area (Å²) < 4.78 is 18.2. The van der Waals surface area contributed by atoms with Crippen molar-refractivity contribution < 1.29 is 14.2 Å². The van der Waals surface area contributed by atoms with Crippen LogP contribution in [0.15, 0.2) is 84.4 Å². The summed E-state index contributed by atoms with van der Waals surface area (Å²) in [5, 5.41) is 2.40. The van der Waals surface area contributed by atoms with Crippen molar-refractivity contribution in [2.75, 3.05) is 19.1 Å². The molecule has 1 spiro atoms. The number of nitrogens with zero attached hydrogens (tertiary/aromatic N) is 2. The molecular formula is C32H30N2O3. The van der Waals surface area contributed by atoms with Crippen LogP contribution in [-0.4, -0.2) is 26.2 Å². The quantitative estimate of drug-likeness (QED) is 0.295. The second-order valence-electron chi connectivity index (χ2n) is 10.1. The predicted octanol–water partition coefficient (Wildman–Crippen LogP) is 7.29. The number of ether oxygens (including phenoxy) is 3. The van der Waals surface area contributed by atoms with Gasteiger partial charge >= 0.3 is 0 Å². The van der Waals surface area contributed by atoms with Gasteiger partial charge in [0.25, 0.3) is 0 Å². The highest BCUT2D eigenvalue weighted by atomic mass is 16.5. The molecule has 2 heterocycles. The summed E-state index contributed by atoms with van der Waals surface area (Å²) in [7, 11) is 3.28. The van der Waals surface area contributed by atoms with E-state index in [0.29, 0.717) is 29.5 Å². The van der Waals surface area contributed by atoms with Crippen molar-refractivity contribution in [2.24, 2.45) is 4.99 Å². The van der Waals surface area contributed by atoms with Crippen LogP contribution in [-0.2, 0) is 12.0 Å². The fourth-order valence-corrected chi connectivity index (χ4v) is 5.60. The van der Waals surface area contributed by atoms with Crippen LogP contribution in [0, 0.1) is 0 Å². The molecule has 37 heavy (non-hydrogen) atoms. The third-order valence-electron chi connectivity index (χ3n) is 7.78. The molecule has 4 aromatic rings. The third kappa shape index (κ3) is 3.41. The number of benzene rings is 4. The van der Waals surface area contributed by atoms with E-state index in [1.54, 1.807) is 14.2 Å².